The number of benzene rings is 3. The van der Waals surface area contributed by atoms with Crippen LogP contribution in [-0.4, -0.2) is 33.6 Å². The third-order valence-electron chi connectivity index (χ3n) is 4.47. The normalized spacial score (nSPS) is 13.0. The van der Waals surface area contributed by atoms with Gasteiger partial charge in [0.15, 0.2) is 5.75 Å². The summed E-state index contributed by atoms with van der Waals surface area (Å²) in [5, 5.41) is 34.0. The monoisotopic (exact) mass is 597 g/mol. The molecule has 3 rings (SSSR count). The van der Waals surface area contributed by atoms with Crippen LogP contribution in [0, 0.1) is 0 Å². The number of nitrogens with zero attached hydrogens (tertiary/aromatic N) is 1. The number of carbonyl (C=O) groups is 1. The molecule has 0 radical (unpaired) electrons. The Morgan fingerprint density at radius 2 is 1.82 bits per heavy atom. The second-order valence-corrected chi connectivity index (χ2v) is 9.06. The highest BCUT2D eigenvalue weighted by molar-refractivity contribution is 9.11. The van der Waals surface area contributed by atoms with E-state index < -0.39 is 18.2 Å². The molecule has 3 aromatic rings. The van der Waals surface area contributed by atoms with Crippen molar-refractivity contribution in [2.75, 3.05) is 0 Å². The van der Waals surface area contributed by atoms with Crippen molar-refractivity contribution in [3.63, 3.8) is 0 Å². The van der Waals surface area contributed by atoms with Crippen LogP contribution in [-0.2, 0) is 9.63 Å². The number of carboxylic acid groups (broad SMARTS) is 1. The third kappa shape index (κ3) is 6.48. The van der Waals surface area contributed by atoms with E-state index in [1.54, 1.807) is 42.5 Å². The lowest BCUT2D eigenvalue weighted by Gasteiger charge is -2.16. The molecule has 3 aromatic carbocycles. The van der Waals surface area contributed by atoms with Crippen LogP contribution >= 0.6 is 43.5 Å². The Hall–Kier alpha value is -2.59. The van der Waals surface area contributed by atoms with Gasteiger partial charge in [-0.1, -0.05) is 28.9 Å². The molecule has 2 unspecified atom stereocenters. The van der Waals surface area contributed by atoms with Gasteiger partial charge in [-0.3, -0.25) is 0 Å². The Bertz CT molecular complexity index is 1180. The first-order valence-electron chi connectivity index (χ1n) is 9.51. The average molecular weight is 600 g/mol. The van der Waals surface area contributed by atoms with Crippen molar-refractivity contribution in [3.8, 4) is 17.2 Å². The maximum Gasteiger partial charge on any atom is 0.347 e. The summed E-state index contributed by atoms with van der Waals surface area (Å²) in [6.07, 6.45) is -0.800. The molecule has 2 atom stereocenters. The van der Waals surface area contributed by atoms with Crippen molar-refractivity contribution < 1.29 is 29.7 Å². The molecule has 0 amide bonds. The molecular weight excluding hydrogens is 582 g/mol. The highest BCUT2D eigenvalue weighted by Gasteiger charge is 2.18. The number of aliphatic carboxylic acids is 1. The standard InChI is InChI=1S/C23H18Br2ClNO6/c1-12(23(30)31)33-27-11-13-7-18(24)22(19(25)8-13)32-16-5-6-20(28)17(10-16)21(29)14-3-2-4-15(26)9-14/h2-12,21,28-29H,1H3,(H,30,31)/b27-11+. The molecule has 0 fully saturated rings. The predicted octanol–water partition coefficient (Wildman–Crippen LogP) is 6.27. The molecule has 0 saturated carbocycles. The molecule has 0 aliphatic heterocycles. The van der Waals surface area contributed by atoms with E-state index >= 15 is 0 Å². The summed E-state index contributed by atoms with van der Waals surface area (Å²) >= 11 is 12.9. The lowest BCUT2D eigenvalue weighted by atomic mass is 10.0. The Morgan fingerprint density at radius 1 is 1.12 bits per heavy atom. The molecular formula is C23H18Br2ClNO6. The number of phenols is 1. The molecule has 0 aliphatic rings. The Kier molecular flexibility index (Phi) is 8.36. The molecule has 0 aromatic heterocycles. The predicted molar refractivity (Wildman–Crippen MR) is 131 cm³/mol. The first-order valence-corrected chi connectivity index (χ1v) is 11.5. The van der Waals surface area contributed by atoms with Gasteiger partial charge < -0.3 is 24.9 Å². The molecule has 7 nitrogen and oxygen atoms in total. The number of ether oxygens (including phenoxy) is 1. The lowest BCUT2D eigenvalue weighted by Crippen LogP contribution is -2.17. The van der Waals surface area contributed by atoms with E-state index in [2.05, 4.69) is 37.0 Å². The van der Waals surface area contributed by atoms with Crippen molar-refractivity contribution in [3.05, 3.63) is 85.3 Å². The van der Waals surface area contributed by atoms with E-state index in [9.17, 15) is 15.0 Å². The van der Waals surface area contributed by atoms with Crippen LogP contribution < -0.4 is 4.74 Å². The van der Waals surface area contributed by atoms with Gasteiger partial charge in [-0.25, -0.2) is 4.79 Å². The number of carboxylic acids is 1. The molecule has 0 saturated heterocycles. The molecule has 3 N–H and O–H groups in total. The summed E-state index contributed by atoms with van der Waals surface area (Å²) in [5.41, 5.74) is 1.41. The van der Waals surface area contributed by atoms with E-state index in [1.165, 1.54) is 25.3 Å². The van der Waals surface area contributed by atoms with E-state index in [4.69, 9.17) is 26.3 Å². The zero-order valence-electron chi connectivity index (χ0n) is 17.1. The number of oxime groups is 1. The van der Waals surface area contributed by atoms with Crippen LogP contribution in [0.25, 0.3) is 0 Å². The van der Waals surface area contributed by atoms with Gasteiger partial charge in [-0.15, -0.1) is 0 Å². The highest BCUT2D eigenvalue weighted by Crippen LogP contribution is 2.40. The summed E-state index contributed by atoms with van der Waals surface area (Å²) < 4.78 is 7.14. The van der Waals surface area contributed by atoms with Crippen LogP contribution in [0.2, 0.25) is 5.02 Å². The topological polar surface area (TPSA) is 109 Å². The Labute approximate surface area is 211 Å². The molecule has 33 heavy (non-hydrogen) atoms. The summed E-state index contributed by atoms with van der Waals surface area (Å²) in [4.78, 5) is 15.6. The molecule has 0 heterocycles. The summed E-state index contributed by atoms with van der Waals surface area (Å²) in [7, 11) is 0. The number of aliphatic hydroxyl groups excluding tert-OH is 1. The zero-order chi connectivity index (χ0) is 24.1. The quantitative estimate of drug-likeness (QED) is 0.208. The molecule has 172 valence electrons. The number of halogens is 3. The van der Waals surface area contributed by atoms with Gasteiger partial charge in [0, 0.05) is 10.6 Å². The number of aliphatic hydroxyl groups is 1. The van der Waals surface area contributed by atoms with Crippen LogP contribution in [0.3, 0.4) is 0 Å². The maximum absolute atomic E-state index is 10.8. The van der Waals surface area contributed by atoms with Gasteiger partial charge in [0.2, 0.25) is 6.10 Å². The van der Waals surface area contributed by atoms with Crippen LogP contribution in [0.1, 0.15) is 29.7 Å². The fourth-order valence-electron chi connectivity index (χ4n) is 2.77. The maximum atomic E-state index is 10.8. The van der Waals surface area contributed by atoms with Crippen LogP contribution in [0.15, 0.2) is 68.7 Å². The van der Waals surface area contributed by atoms with Crippen LogP contribution in [0.5, 0.6) is 17.2 Å². The van der Waals surface area contributed by atoms with Gasteiger partial charge in [0.05, 0.1) is 15.2 Å². The lowest BCUT2D eigenvalue weighted by molar-refractivity contribution is -0.149. The van der Waals surface area contributed by atoms with E-state index in [-0.39, 0.29) is 11.3 Å². The fourth-order valence-corrected chi connectivity index (χ4v) is 4.35. The summed E-state index contributed by atoms with van der Waals surface area (Å²) in [5.74, 6) is -0.381. The fraction of sp³-hybridized carbons (Fsp3) is 0.130. The average Bonchev–Trinajstić information content (AvgIpc) is 2.76. The molecule has 0 bridgehead atoms. The van der Waals surface area contributed by atoms with Crippen LogP contribution in [0.4, 0.5) is 0 Å². The SMILES string of the molecule is CC(O/N=C/c1cc(Br)c(Oc2ccc(O)c(C(O)c3cccc(Cl)c3)c2)c(Br)c1)C(=O)O. The molecule has 0 aliphatic carbocycles. The number of aromatic hydroxyl groups is 1. The van der Waals surface area contributed by atoms with Gasteiger partial charge >= 0.3 is 5.97 Å². The largest absolute Gasteiger partial charge is 0.508 e. The minimum Gasteiger partial charge on any atom is -0.508 e. The van der Waals surface area contributed by atoms with Gasteiger partial charge in [-0.05, 0) is 92.4 Å². The zero-order valence-corrected chi connectivity index (χ0v) is 21.0. The molecule has 10 heteroatoms. The Balaban J connectivity index is 1.83. The van der Waals surface area contributed by atoms with Gasteiger partial charge in [0.25, 0.3) is 0 Å². The van der Waals surface area contributed by atoms with Crippen molar-refractivity contribution in [2.45, 2.75) is 19.1 Å². The Morgan fingerprint density at radius 3 is 2.45 bits per heavy atom. The van der Waals surface area contributed by atoms with E-state index in [0.717, 1.165) is 0 Å². The van der Waals surface area contributed by atoms with Crippen molar-refractivity contribution in [1.82, 2.24) is 0 Å². The van der Waals surface area contributed by atoms with Gasteiger partial charge in [0.1, 0.15) is 17.6 Å². The van der Waals surface area contributed by atoms with Crippen molar-refractivity contribution in [2.24, 2.45) is 5.16 Å². The minimum absolute atomic E-state index is 0.0879. The first-order chi connectivity index (χ1) is 15.7. The first kappa shape index (κ1) is 25.0. The van der Waals surface area contributed by atoms with E-state index in [1.807, 2.05) is 0 Å². The van der Waals surface area contributed by atoms with Gasteiger partial charge in [-0.2, -0.15) is 0 Å². The second kappa shape index (κ2) is 11.0. The van der Waals surface area contributed by atoms with Crippen molar-refractivity contribution in [1.29, 1.82) is 0 Å². The number of hydrogen-bond acceptors (Lipinski definition) is 6. The number of phenolic OH excluding ortho intramolecular Hbond substituents is 1. The van der Waals surface area contributed by atoms with Crippen molar-refractivity contribution >= 4 is 55.6 Å². The second-order valence-electron chi connectivity index (χ2n) is 6.91. The number of hydrogen-bond donors (Lipinski definition) is 3. The minimum atomic E-state index is -1.12. The highest BCUT2D eigenvalue weighted by atomic mass is 79.9. The smallest absolute Gasteiger partial charge is 0.347 e. The summed E-state index contributed by atoms with van der Waals surface area (Å²) in [6, 6.07) is 14.7. The van der Waals surface area contributed by atoms with E-state index in [0.29, 0.717) is 36.6 Å². The molecule has 0 spiro atoms. The number of rotatable bonds is 8. The summed E-state index contributed by atoms with van der Waals surface area (Å²) in [6.45, 7) is 1.37. The third-order valence-corrected chi connectivity index (χ3v) is 5.88.